The van der Waals surface area contributed by atoms with Gasteiger partial charge in [-0.25, -0.2) is 4.98 Å². The molecule has 32 heavy (non-hydrogen) atoms. The van der Waals surface area contributed by atoms with Crippen molar-refractivity contribution in [2.24, 2.45) is 0 Å². The number of nitrogens with zero attached hydrogens (tertiary/aromatic N) is 2. The van der Waals surface area contributed by atoms with Gasteiger partial charge in [-0.2, -0.15) is 0 Å². The van der Waals surface area contributed by atoms with Crippen molar-refractivity contribution < 1.29 is 9.32 Å². The maximum atomic E-state index is 12.8. The lowest BCUT2D eigenvalue weighted by atomic mass is 10.0. The number of thioether (sulfide) groups is 1. The Kier molecular flexibility index (Phi) is 6.46. The van der Waals surface area contributed by atoms with Gasteiger partial charge in [-0.15, -0.1) is 0 Å². The van der Waals surface area contributed by atoms with Crippen LogP contribution in [0.25, 0.3) is 22.5 Å². The number of hydrogen-bond donors (Lipinski definition) is 2. The highest BCUT2D eigenvalue weighted by Gasteiger charge is 2.23. The van der Waals surface area contributed by atoms with Gasteiger partial charge in [0.25, 0.3) is 0 Å². The fourth-order valence-corrected chi connectivity index (χ4v) is 4.25. The molecule has 0 fully saturated rings. The molecule has 0 aliphatic carbocycles. The molecule has 2 aromatic carbocycles. The average Bonchev–Trinajstić information content (AvgIpc) is 3.39. The fourth-order valence-electron chi connectivity index (χ4n) is 3.35. The van der Waals surface area contributed by atoms with Gasteiger partial charge in [0.15, 0.2) is 11.0 Å². The zero-order chi connectivity index (χ0) is 22.7. The second-order valence-electron chi connectivity index (χ2n) is 7.82. The van der Waals surface area contributed by atoms with Gasteiger partial charge in [0.2, 0.25) is 5.91 Å². The van der Waals surface area contributed by atoms with Gasteiger partial charge >= 0.3 is 0 Å². The Morgan fingerprint density at radius 1 is 1.03 bits per heavy atom. The maximum Gasteiger partial charge on any atom is 0.239 e. The Morgan fingerprint density at radius 3 is 2.22 bits per heavy atom. The highest BCUT2D eigenvalue weighted by molar-refractivity contribution is 8.00. The fraction of sp³-hybridized carbons (Fsp3) is 0.240. The lowest BCUT2D eigenvalue weighted by Crippen LogP contribution is -2.24. The van der Waals surface area contributed by atoms with Crippen molar-refractivity contribution in [3.05, 3.63) is 71.5 Å². The molecule has 0 saturated carbocycles. The number of aromatic nitrogens is 3. The molecule has 1 amide bonds. The summed E-state index contributed by atoms with van der Waals surface area (Å²) in [7, 11) is 0. The summed E-state index contributed by atoms with van der Waals surface area (Å²) in [5.41, 5.74) is 6.30. The maximum absolute atomic E-state index is 12.8. The molecule has 2 aromatic heterocycles. The number of carbonyl (C=O) groups excluding carboxylic acids is 1. The largest absolute Gasteiger partial charge is 0.360 e. The second kappa shape index (κ2) is 9.44. The number of H-pyrrole nitrogens is 1. The molecular weight excluding hydrogens is 420 g/mol. The summed E-state index contributed by atoms with van der Waals surface area (Å²) in [6.45, 7) is 7.91. The van der Waals surface area contributed by atoms with Gasteiger partial charge in [0.1, 0.15) is 5.76 Å². The first kappa shape index (κ1) is 21.9. The molecule has 2 N–H and O–H groups in total. The number of aryl methyl sites for hydroxylation is 3. The van der Waals surface area contributed by atoms with E-state index in [0.717, 1.165) is 22.5 Å². The Balaban J connectivity index is 1.64. The van der Waals surface area contributed by atoms with Crippen LogP contribution in [0.1, 0.15) is 30.2 Å². The zero-order valence-electron chi connectivity index (χ0n) is 18.6. The molecule has 164 valence electrons. The number of hydrogen-bond acceptors (Lipinski definition) is 5. The molecule has 1 unspecified atom stereocenters. The van der Waals surface area contributed by atoms with Crippen LogP contribution in [-0.4, -0.2) is 26.3 Å². The summed E-state index contributed by atoms with van der Waals surface area (Å²) in [6, 6.07) is 18.4. The van der Waals surface area contributed by atoms with Crippen molar-refractivity contribution in [3.8, 4) is 22.5 Å². The molecule has 7 heteroatoms. The molecule has 4 aromatic rings. The van der Waals surface area contributed by atoms with Crippen LogP contribution in [0.5, 0.6) is 0 Å². The van der Waals surface area contributed by atoms with E-state index in [1.54, 1.807) is 13.0 Å². The van der Waals surface area contributed by atoms with Gasteiger partial charge < -0.3 is 14.8 Å². The molecule has 0 radical (unpaired) electrons. The number of benzene rings is 2. The SMILES string of the molecule is CCC(Sc1nc(-c2ccc(C)cc2)c(-c2ccc(C)cc2)[nH]1)C(=O)Nc1cc(C)on1. The highest BCUT2D eigenvalue weighted by Crippen LogP contribution is 2.35. The summed E-state index contributed by atoms with van der Waals surface area (Å²) in [5, 5.41) is 7.06. The van der Waals surface area contributed by atoms with Gasteiger partial charge in [0.05, 0.1) is 16.6 Å². The van der Waals surface area contributed by atoms with Crippen LogP contribution in [0.15, 0.2) is 64.3 Å². The van der Waals surface area contributed by atoms with Crippen molar-refractivity contribution in [2.75, 3.05) is 5.32 Å². The van der Waals surface area contributed by atoms with E-state index in [9.17, 15) is 4.79 Å². The van der Waals surface area contributed by atoms with Crippen LogP contribution in [0.4, 0.5) is 5.82 Å². The Hall–Kier alpha value is -3.32. The third-order valence-corrected chi connectivity index (χ3v) is 6.39. The van der Waals surface area contributed by atoms with Gasteiger partial charge in [0, 0.05) is 17.2 Å². The molecule has 0 aliphatic rings. The third kappa shape index (κ3) is 4.94. The van der Waals surface area contributed by atoms with E-state index in [1.165, 1.54) is 22.9 Å². The Morgan fingerprint density at radius 2 is 1.66 bits per heavy atom. The summed E-state index contributed by atoms with van der Waals surface area (Å²) in [6.07, 6.45) is 0.647. The minimum atomic E-state index is -0.324. The Labute approximate surface area is 191 Å². The normalized spacial score (nSPS) is 12.0. The highest BCUT2D eigenvalue weighted by atomic mass is 32.2. The molecule has 4 rings (SSSR count). The topological polar surface area (TPSA) is 83.8 Å². The van der Waals surface area contributed by atoms with Crippen LogP contribution in [-0.2, 0) is 4.79 Å². The van der Waals surface area contributed by atoms with E-state index in [4.69, 9.17) is 9.51 Å². The van der Waals surface area contributed by atoms with E-state index >= 15 is 0 Å². The first-order valence-electron chi connectivity index (χ1n) is 10.6. The van der Waals surface area contributed by atoms with Gasteiger partial charge in [-0.05, 0) is 27.2 Å². The number of rotatable bonds is 7. The Bertz CT molecular complexity index is 1150. The number of carbonyl (C=O) groups is 1. The summed E-state index contributed by atoms with van der Waals surface area (Å²) in [5.74, 6) is 0.945. The van der Waals surface area contributed by atoms with Crippen molar-refractivity contribution in [1.29, 1.82) is 0 Å². The summed E-state index contributed by atoms with van der Waals surface area (Å²) in [4.78, 5) is 21.1. The first-order valence-corrected chi connectivity index (χ1v) is 11.5. The number of nitrogens with one attached hydrogen (secondary N) is 2. The van der Waals surface area contributed by atoms with Crippen LogP contribution in [0, 0.1) is 20.8 Å². The van der Waals surface area contributed by atoms with Crippen LogP contribution < -0.4 is 5.32 Å². The number of aromatic amines is 1. The van der Waals surface area contributed by atoms with Gasteiger partial charge in [-0.3, -0.25) is 4.79 Å². The van der Waals surface area contributed by atoms with Gasteiger partial charge in [-0.1, -0.05) is 83.5 Å². The predicted octanol–water partition coefficient (Wildman–Crippen LogP) is 6.17. The predicted molar refractivity (Wildman–Crippen MR) is 129 cm³/mol. The lowest BCUT2D eigenvalue weighted by Gasteiger charge is -2.11. The monoisotopic (exact) mass is 446 g/mol. The number of anilines is 1. The minimum absolute atomic E-state index is 0.129. The van der Waals surface area contributed by atoms with E-state index in [-0.39, 0.29) is 11.2 Å². The van der Waals surface area contributed by atoms with E-state index < -0.39 is 0 Å². The quantitative estimate of drug-likeness (QED) is 0.332. The molecule has 0 spiro atoms. The second-order valence-corrected chi connectivity index (χ2v) is 9.02. The van der Waals surface area contributed by atoms with E-state index in [2.05, 4.69) is 77.8 Å². The third-order valence-electron chi connectivity index (χ3n) is 5.14. The smallest absolute Gasteiger partial charge is 0.239 e. The molecule has 2 heterocycles. The van der Waals surface area contributed by atoms with E-state index in [1.807, 2.05) is 6.92 Å². The molecule has 0 aliphatic heterocycles. The summed E-state index contributed by atoms with van der Waals surface area (Å²) < 4.78 is 5.04. The van der Waals surface area contributed by atoms with Crippen LogP contribution in [0.3, 0.4) is 0 Å². The molecule has 1 atom stereocenters. The van der Waals surface area contributed by atoms with Crippen molar-refractivity contribution in [1.82, 2.24) is 15.1 Å². The molecular formula is C25H26N4O2S. The minimum Gasteiger partial charge on any atom is -0.360 e. The molecule has 0 bridgehead atoms. The van der Waals surface area contributed by atoms with Crippen molar-refractivity contribution >= 4 is 23.5 Å². The summed E-state index contributed by atoms with van der Waals surface area (Å²) >= 11 is 1.42. The van der Waals surface area contributed by atoms with Crippen LogP contribution in [0.2, 0.25) is 0 Å². The first-order chi connectivity index (χ1) is 15.4. The standard InChI is InChI=1S/C25H26N4O2S/c1-5-20(24(30)26-21-14-17(4)31-29-21)32-25-27-22(18-10-6-15(2)7-11-18)23(28-25)19-12-8-16(3)9-13-19/h6-14,20H,5H2,1-4H3,(H,27,28)(H,26,29,30). The van der Waals surface area contributed by atoms with Crippen LogP contribution >= 0.6 is 11.8 Å². The van der Waals surface area contributed by atoms with Crippen molar-refractivity contribution in [2.45, 2.75) is 44.5 Å². The lowest BCUT2D eigenvalue weighted by molar-refractivity contribution is -0.115. The average molecular weight is 447 g/mol. The number of amides is 1. The molecule has 0 saturated heterocycles. The van der Waals surface area contributed by atoms with E-state index in [0.29, 0.717) is 23.2 Å². The molecule has 6 nitrogen and oxygen atoms in total. The van der Waals surface area contributed by atoms with Crippen molar-refractivity contribution in [3.63, 3.8) is 0 Å². The number of imidazole rings is 1. The zero-order valence-corrected chi connectivity index (χ0v) is 19.4.